The van der Waals surface area contributed by atoms with E-state index in [-0.39, 0.29) is 5.91 Å². The summed E-state index contributed by atoms with van der Waals surface area (Å²) < 4.78 is 33.9. The molecule has 0 amide bonds. The van der Waals surface area contributed by atoms with Gasteiger partial charge >= 0.3 is 7.60 Å². The molecule has 128 valence electrons. The van der Waals surface area contributed by atoms with Crippen molar-refractivity contribution in [3.05, 3.63) is 0 Å². The summed E-state index contributed by atoms with van der Waals surface area (Å²) in [5, 5.41) is 0. The van der Waals surface area contributed by atoms with Crippen molar-refractivity contribution in [2.24, 2.45) is 0 Å². The fourth-order valence-electron chi connectivity index (χ4n) is 1.65. The number of rotatable bonds is 15. The molecule has 0 aromatic heterocycles. The van der Waals surface area contributed by atoms with Crippen LogP contribution in [0.15, 0.2) is 0 Å². The van der Waals surface area contributed by atoms with Crippen molar-refractivity contribution >= 4 is 17.1 Å². The molecule has 0 saturated heterocycles. The Balaban J connectivity index is 3.75. The van der Waals surface area contributed by atoms with E-state index in [0.717, 1.165) is 44.9 Å². The minimum absolute atomic E-state index is 0.00896. The molecule has 21 heavy (non-hydrogen) atoms. The molecule has 0 aliphatic rings. The zero-order valence-electron chi connectivity index (χ0n) is 14.1. The van der Waals surface area contributed by atoms with Gasteiger partial charge in [-0.3, -0.25) is 4.57 Å². The van der Waals surface area contributed by atoms with Crippen LogP contribution in [0.3, 0.4) is 0 Å². The minimum atomic E-state index is -2.86. The fraction of sp³-hybridized carbons (Fsp3) is 1.00. The van der Waals surface area contributed by atoms with E-state index < -0.39 is 17.1 Å². The predicted octanol–water partition coefficient (Wildman–Crippen LogP) is 3.37. The van der Waals surface area contributed by atoms with Crippen LogP contribution < -0.4 is 0 Å². The lowest BCUT2D eigenvalue weighted by Crippen LogP contribution is -2.25. The van der Waals surface area contributed by atoms with Gasteiger partial charge in [0, 0.05) is 19.9 Å². The van der Waals surface area contributed by atoms with E-state index in [1.54, 1.807) is 0 Å². The van der Waals surface area contributed by atoms with Crippen LogP contribution in [0.2, 0.25) is 6.04 Å². The Kier molecular flexibility index (Phi) is 14.1. The van der Waals surface area contributed by atoms with Gasteiger partial charge in [0.15, 0.2) is 0 Å². The predicted molar refractivity (Wildman–Crippen MR) is 90.0 cm³/mol. The van der Waals surface area contributed by atoms with Gasteiger partial charge in [0.1, 0.15) is 5.91 Å². The second-order valence-corrected chi connectivity index (χ2v) is 9.11. The van der Waals surface area contributed by atoms with E-state index in [2.05, 4.69) is 13.8 Å². The molecule has 0 spiro atoms. The van der Waals surface area contributed by atoms with Crippen LogP contribution in [0.1, 0.15) is 46.5 Å². The molecule has 0 saturated carbocycles. The van der Waals surface area contributed by atoms with Crippen LogP contribution >= 0.6 is 7.60 Å². The Morgan fingerprint density at radius 1 is 0.905 bits per heavy atom. The lowest BCUT2D eigenvalue weighted by Gasteiger charge is -2.18. The molecule has 0 bridgehead atoms. The van der Waals surface area contributed by atoms with Crippen molar-refractivity contribution in [1.82, 2.24) is 0 Å². The largest absolute Gasteiger partial charge is 0.357 e. The van der Waals surface area contributed by atoms with E-state index in [0.29, 0.717) is 13.2 Å². The van der Waals surface area contributed by atoms with E-state index in [9.17, 15) is 4.57 Å². The number of ether oxygens (including phenoxy) is 2. The van der Waals surface area contributed by atoms with Gasteiger partial charge in [0.05, 0.1) is 22.7 Å². The van der Waals surface area contributed by atoms with Gasteiger partial charge in [-0.25, -0.2) is 0 Å². The monoisotopic (exact) mass is 340 g/mol. The molecule has 0 radical (unpaired) electrons. The smallest absolute Gasteiger partial charge is 0.327 e. The van der Waals surface area contributed by atoms with Crippen LogP contribution in [0, 0.1) is 0 Å². The third-order valence-corrected chi connectivity index (χ3v) is 5.86. The second kappa shape index (κ2) is 13.9. The topological polar surface area (TPSA) is 54.0 Å². The molecule has 0 aliphatic carbocycles. The first-order valence-corrected chi connectivity index (χ1v) is 12.0. The minimum Gasteiger partial charge on any atom is -0.357 e. The number of hydrogen-bond donors (Lipinski definition) is 0. The summed E-state index contributed by atoms with van der Waals surface area (Å²) in [4.78, 5) is 0. The standard InChI is InChI=1S/C14H33O5PSi/c1-5-9-16-14(17-10-6-2)21-13-8-12-19-20(4,15)18-11-7-3/h14H,5-13,21H2,1-4H3. The van der Waals surface area contributed by atoms with Crippen molar-refractivity contribution < 1.29 is 23.1 Å². The molecule has 1 atom stereocenters. The molecule has 0 aliphatic heterocycles. The third-order valence-electron chi connectivity index (χ3n) is 2.71. The molecule has 5 nitrogen and oxygen atoms in total. The fourth-order valence-corrected chi connectivity index (χ4v) is 4.19. The normalized spacial score (nSPS) is 15.1. The van der Waals surface area contributed by atoms with Crippen LogP contribution in [0.25, 0.3) is 0 Å². The average Bonchev–Trinajstić information content (AvgIpc) is 2.46. The summed E-state index contributed by atoms with van der Waals surface area (Å²) in [7, 11) is -3.31. The number of hydrogen-bond acceptors (Lipinski definition) is 5. The molecule has 0 aromatic carbocycles. The van der Waals surface area contributed by atoms with Gasteiger partial charge in [-0.1, -0.05) is 26.8 Å². The molecule has 0 aromatic rings. The van der Waals surface area contributed by atoms with Crippen LogP contribution in [-0.2, 0) is 23.1 Å². The molecular formula is C14H33O5PSi. The van der Waals surface area contributed by atoms with Gasteiger partial charge < -0.3 is 18.5 Å². The SMILES string of the molecule is CCCOC(OCCC)[SiH2]CCCOP(C)(=O)OCCC. The first-order valence-electron chi connectivity index (χ1n) is 8.15. The molecule has 0 rings (SSSR count). The molecule has 0 fully saturated rings. The summed E-state index contributed by atoms with van der Waals surface area (Å²) in [6.07, 6.45) is 3.76. The molecule has 1 unspecified atom stereocenters. The maximum atomic E-state index is 11.9. The first-order chi connectivity index (χ1) is 10.1. The Hall–Kier alpha value is 0.287. The third kappa shape index (κ3) is 13.7. The Labute approximate surface area is 132 Å². The summed E-state index contributed by atoms with van der Waals surface area (Å²) in [5.41, 5.74) is 0. The zero-order valence-corrected chi connectivity index (χ0v) is 16.4. The Morgan fingerprint density at radius 3 is 1.95 bits per heavy atom. The van der Waals surface area contributed by atoms with Crippen molar-refractivity contribution in [1.29, 1.82) is 0 Å². The van der Waals surface area contributed by atoms with Gasteiger partial charge in [0.25, 0.3) is 0 Å². The van der Waals surface area contributed by atoms with Crippen molar-refractivity contribution in [3.8, 4) is 0 Å². The molecule has 0 heterocycles. The van der Waals surface area contributed by atoms with E-state index in [1.807, 2.05) is 6.92 Å². The summed E-state index contributed by atoms with van der Waals surface area (Å²) in [6.45, 7) is 10.2. The van der Waals surface area contributed by atoms with Gasteiger partial charge in [0.2, 0.25) is 0 Å². The second-order valence-electron chi connectivity index (χ2n) is 5.10. The van der Waals surface area contributed by atoms with E-state index in [1.165, 1.54) is 6.66 Å². The lowest BCUT2D eigenvalue weighted by atomic mass is 10.5. The molecule has 0 N–H and O–H groups in total. The van der Waals surface area contributed by atoms with Gasteiger partial charge in [-0.05, 0) is 25.7 Å². The molecular weight excluding hydrogens is 307 g/mol. The van der Waals surface area contributed by atoms with E-state index >= 15 is 0 Å². The van der Waals surface area contributed by atoms with Crippen molar-refractivity contribution in [2.75, 3.05) is 33.1 Å². The highest BCUT2D eigenvalue weighted by molar-refractivity contribution is 7.52. The molecule has 7 heteroatoms. The van der Waals surface area contributed by atoms with Crippen molar-refractivity contribution in [2.45, 2.75) is 58.4 Å². The average molecular weight is 340 g/mol. The summed E-state index contributed by atoms with van der Waals surface area (Å²) >= 11 is 0. The lowest BCUT2D eigenvalue weighted by molar-refractivity contribution is -0.0905. The quantitative estimate of drug-likeness (QED) is 0.198. The Morgan fingerprint density at radius 2 is 1.43 bits per heavy atom. The maximum Gasteiger partial charge on any atom is 0.327 e. The first kappa shape index (κ1) is 21.3. The summed E-state index contributed by atoms with van der Waals surface area (Å²) in [5.74, 6) is 0.00896. The van der Waals surface area contributed by atoms with E-state index in [4.69, 9.17) is 18.5 Å². The van der Waals surface area contributed by atoms with Crippen LogP contribution in [-0.4, -0.2) is 48.5 Å². The van der Waals surface area contributed by atoms with Crippen LogP contribution in [0.4, 0.5) is 0 Å². The maximum absolute atomic E-state index is 11.9. The zero-order chi connectivity index (χ0) is 16.0. The highest BCUT2D eigenvalue weighted by Crippen LogP contribution is 2.43. The Bertz CT molecular complexity index is 270. The van der Waals surface area contributed by atoms with Gasteiger partial charge in [-0.15, -0.1) is 0 Å². The highest BCUT2D eigenvalue weighted by atomic mass is 31.2. The van der Waals surface area contributed by atoms with Crippen molar-refractivity contribution in [3.63, 3.8) is 0 Å². The highest BCUT2D eigenvalue weighted by Gasteiger charge is 2.16. The van der Waals surface area contributed by atoms with Gasteiger partial charge in [-0.2, -0.15) is 0 Å². The van der Waals surface area contributed by atoms with Crippen LogP contribution in [0.5, 0.6) is 0 Å². The summed E-state index contributed by atoms with van der Waals surface area (Å²) in [6, 6.07) is 1.06.